The smallest absolute Gasteiger partial charge is 0.271 e. The summed E-state index contributed by atoms with van der Waals surface area (Å²) in [6.07, 6.45) is 0. The Bertz CT molecular complexity index is 6280. The maximum absolute atomic E-state index is 11.3. The largest absolute Gasteiger partial charge is 0.497 e. The Kier molecular flexibility index (Phi) is 25.6. The first-order valence-electron chi connectivity index (χ1n) is 41.3. The zero-order valence-electron chi connectivity index (χ0n) is 69.7. The van der Waals surface area contributed by atoms with E-state index in [-0.39, 0.29) is 21.2 Å². The molecule has 0 saturated heterocycles. The third-order valence-electron chi connectivity index (χ3n) is 22.2. The molecular weight excluding hydrogens is 1540 g/mol. The molecule has 0 spiro atoms. The van der Waals surface area contributed by atoms with Gasteiger partial charge in [0.05, 0.1) is 17.0 Å². The van der Waals surface area contributed by atoms with Gasteiger partial charge in [0, 0.05) is 137 Å². The third kappa shape index (κ3) is 19.8. The molecule has 0 N–H and O–H groups in total. The lowest BCUT2D eigenvalue weighted by atomic mass is 10.0. The van der Waals surface area contributed by atoms with E-state index in [1.807, 2.05) is 96.7 Å². The number of methoxy groups -OCH3 is 1. The molecule has 0 unspecified atom stereocenters. The van der Waals surface area contributed by atoms with Crippen LogP contribution in [0.1, 0.15) is 0 Å². The molecule has 0 saturated carbocycles. The van der Waals surface area contributed by atoms with Crippen molar-refractivity contribution in [2.75, 3.05) is 57.7 Å². The Morgan fingerprint density at radius 3 is 0.592 bits per heavy atom. The standard InChI is InChI=1S/C38H32N2O.2C37H29N3O2/c1-39(37-14-9-15-38(28-37)41-2)33-24-26-36(27-25-33)40(34-20-16-31(17-21-34)29-10-5-3-6-11-29)35-22-18-32(19-23-35)30-12-7-4-8-13-30;1-38(36-13-8-14-37(27-36)40(41)42)32-23-25-35(26-24-32)39(33-19-15-30(16-20-33)28-9-4-2-5-10-28)34-21-17-31(18-22-34)29-11-6-3-7-12-29;1-38(33-22-26-37(27-23-33)40(41)42)32-20-24-36(25-21-32)39(34-16-12-30(13-17-34)28-8-4-2-5-9-28)35-18-14-31(15-19-35)29-10-6-3-7-11-29/h3-28H,1-2H3;2*2-27H,1H3. The molecule has 0 aliphatic rings. The number of nitro groups is 2. The SMILES string of the molecule is CN(c1ccc(N(c2ccc(-c3ccccc3)cc2)c2ccc(-c3ccccc3)cc2)cc1)c1ccc([N+](=O)[O-])cc1.CN(c1ccc(N(c2ccc(-c3ccccc3)cc2)c2ccc(-c3ccccc3)cc2)cc1)c1cccc([N+](=O)[O-])c1.COc1cccc(N(C)c2ccc(N(c3ccc(-c4ccccc4)cc3)c3ccc(-c4ccccc4)cc3)cc2)c1. The highest BCUT2D eigenvalue weighted by Gasteiger charge is 2.21. The van der Waals surface area contributed by atoms with Gasteiger partial charge in [-0.05, 0) is 243 Å². The molecule has 18 aromatic rings. The number of benzene rings is 18. The Labute approximate surface area is 730 Å². The van der Waals surface area contributed by atoms with Crippen LogP contribution >= 0.6 is 0 Å². The van der Waals surface area contributed by atoms with E-state index in [1.165, 1.54) is 73.8 Å². The molecule has 0 radical (unpaired) electrons. The van der Waals surface area contributed by atoms with E-state index in [0.29, 0.717) is 0 Å². The van der Waals surface area contributed by atoms with Crippen molar-refractivity contribution >= 4 is 96.7 Å². The lowest BCUT2D eigenvalue weighted by Gasteiger charge is -2.27. The molecule has 0 aliphatic carbocycles. The first kappa shape index (κ1) is 82.1. The third-order valence-corrected chi connectivity index (χ3v) is 22.2. The van der Waals surface area contributed by atoms with Crippen molar-refractivity contribution < 1.29 is 14.6 Å². The van der Waals surface area contributed by atoms with Crippen molar-refractivity contribution in [3.63, 3.8) is 0 Å². The monoisotopic (exact) mass is 1630 g/mol. The van der Waals surface area contributed by atoms with Crippen molar-refractivity contribution in [3.05, 3.63) is 493 Å². The normalized spacial score (nSPS) is 10.7. The Hall–Kier alpha value is -16.6. The fourth-order valence-corrected chi connectivity index (χ4v) is 15.3. The zero-order valence-corrected chi connectivity index (χ0v) is 69.7. The molecule has 0 bridgehead atoms. The number of hydrogen-bond donors (Lipinski definition) is 0. The molecule has 13 heteroatoms. The average Bonchev–Trinajstić information content (AvgIpc) is 0.798. The molecule has 125 heavy (non-hydrogen) atoms. The van der Waals surface area contributed by atoms with Crippen molar-refractivity contribution in [3.8, 4) is 72.5 Å². The van der Waals surface area contributed by atoms with Gasteiger partial charge < -0.3 is 34.1 Å². The van der Waals surface area contributed by atoms with Crippen LogP contribution in [0.5, 0.6) is 5.75 Å². The summed E-state index contributed by atoms with van der Waals surface area (Å²) in [5, 5.41) is 22.3. The van der Waals surface area contributed by atoms with Crippen LogP contribution in [0.15, 0.2) is 473 Å². The van der Waals surface area contributed by atoms with Crippen LogP contribution in [-0.2, 0) is 0 Å². The summed E-state index contributed by atoms with van der Waals surface area (Å²) >= 11 is 0. The van der Waals surface area contributed by atoms with E-state index in [2.05, 4.69) is 385 Å². The van der Waals surface area contributed by atoms with Crippen molar-refractivity contribution in [2.45, 2.75) is 0 Å². The molecule has 0 fully saturated rings. The number of nitro benzene ring substituents is 2. The molecule has 608 valence electrons. The molecule has 0 aromatic heterocycles. The second kappa shape index (κ2) is 39.0. The van der Waals surface area contributed by atoms with Crippen LogP contribution in [0.4, 0.5) is 96.7 Å². The molecular formula is C112H90N8O5. The van der Waals surface area contributed by atoms with Crippen LogP contribution < -0.4 is 34.1 Å². The van der Waals surface area contributed by atoms with Crippen LogP contribution in [0, 0.1) is 20.2 Å². The zero-order chi connectivity index (χ0) is 85.8. The quantitative estimate of drug-likeness (QED) is 0.0425. The Morgan fingerprint density at radius 2 is 0.368 bits per heavy atom. The summed E-state index contributed by atoms with van der Waals surface area (Å²) in [5.74, 6) is 0.843. The van der Waals surface area contributed by atoms with Crippen molar-refractivity contribution in [1.29, 1.82) is 0 Å². The van der Waals surface area contributed by atoms with Gasteiger partial charge in [0.1, 0.15) is 5.75 Å². The summed E-state index contributed by atoms with van der Waals surface area (Å²) in [6.45, 7) is 0. The number of hydrogen-bond acceptors (Lipinski definition) is 11. The molecule has 18 rings (SSSR count). The van der Waals surface area contributed by atoms with Gasteiger partial charge in [-0.15, -0.1) is 0 Å². The number of nitrogens with zero attached hydrogens (tertiary/aromatic N) is 8. The predicted molar refractivity (Wildman–Crippen MR) is 519 cm³/mol. The second-order valence-corrected chi connectivity index (χ2v) is 30.0. The van der Waals surface area contributed by atoms with Crippen LogP contribution in [-0.4, -0.2) is 38.1 Å². The molecule has 0 atom stereocenters. The van der Waals surface area contributed by atoms with Gasteiger partial charge in [0.15, 0.2) is 0 Å². The summed E-state index contributed by atoms with van der Waals surface area (Å²) in [6, 6.07) is 161. The van der Waals surface area contributed by atoms with Gasteiger partial charge >= 0.3 is 0 Å². The van der Waals surface area contributed by atoms with E-state index in [1.54, 1.807) is 31.4 Å². The van der Waals surface area contributed by atoms with E-state index >= 15 is 0 Å². The lowest BCUT2D eigenvalue weighted by Crippen LogP contribution is -2.12. The Morgan fingerprint density at radius 1 is 0.184 bits per heavy atom. The minimum atomic E-state index is -0.383. The van der Waals surface area contributed by atoms with E-state index < -0.39 is 0 Å². The van der Waals surface area contributed by atoms with Crippen molar-refractivity contribution in [1.82, 2.24) is 0 Å². The molecule has 0 heterocycles. The second-order valence-electron chi connectivity index (χ2n) is 30.0. The van der Waals surface area contributed by atoms with Gasteiger partial charge in [0.2, 0.25) is 0 Å². The summed E-state index contributed by atoms with van der Waals surface area (Å²) < 4.78 is 5.43. The molecule has 18 aromatic carbocycles. The summed E-state index contributed by atoms with van der Waals surface area (Å²) in [5.41, 5.74) is 29.6. The van der Waals surface area contributed by atoms with Gasteiger partial charge in [-0.1, -0.05) is 267 Å². The molecule has 0 aliphatic heterocycles. The highest BCUT2D eigenvalue weighted by Crippen LogP contribution is 2.44. The first-order chi connectivity index (χ1) is 61.3. The van der Waals surface area contributed by atoms with Gasteiger partial charge in [-0.3, -0.25) is 20.2 Å². The van der Waals surface area contributed by atoms with E-state index in [4.69, 9.17) is 4.74 Å². The van der Waals surface area contributed by atoms with Gasteiger partial charge in [0.25, 0.3) is 11.4 Å². The van der Waals surface area contributed by atoms with Crippen molar-refractivity contribution in [2.24, 2.45) is 0 Å². The average molecular weight is 1630 g/mol. The highest BCUT2D eigenvalue weighted by molar-refractivity contribution is 5.86. The maximum Gasteiger partial charge on any atom is 0.271 e. The topological polar surface area (TPSA) is 115 Å². The Balaban J connectivity index is 0.000000138. The number of rotatable bonds is 24. The van der Waals surface area contributed by atoms with Crippen LogP contribution in [0.3, 0.4) is 0 Å². The van der Waals surface area contributed by atoms with Crippen LogP contribution in [0.2, 0.25) is 0 Å². The predicted octanol–water partition coefficient (Wildman–Crippen LogP) is 30.6. The minimum absolute atomic E-state index is 0.0695. The molecule has 13 nitrogen and oxygen atoms in total. The lowest BCUT2D eigenvalue weighted by molar-refractivity contribution is -0.385. The molecule has 0 amide bonds. The summed E-state index contributed by atoms with van der Waals surface area (Å²) in [7, 11) is 7.64. The number of anilines is 15. The summed E-state index contributed by atoms with van der Waals surface area (Å²) in [4.78, 5) is 34.5. The van der Waals surface area contributed by atoms with E-state index in [0.717, 1.165) is 102 Å². The van der Waals surface area contributed by atoms with E-state index in [9.17, 15) is 20.2 Å². The fraction of sp³-hybridized carbons (Fsp3) is 0.0357. The maximum atomic E-state index is 11.3. The highest BCUT2D eigenvalue weighted by atomic mass is 16.6. The van der Waals surface area contributed by atoms with Crippen LogP contribution in [0.25, 0.3) is 66.8 Å². The fourth-order valence-electron chi connectivity index (χ4n) is 15.3. The van der Waals surface area contributed by atoms with Gasteiger partial charge in [-0.2, -0.15) is 0 Å². The minimum Gasteiger partial charge on any atom is -0.497 e. The first-order valence-corrected chi connectivity index (χ1v) is 41.3. The number of ether oxygens (including phenoxy) is 1. The number of non-ortho nitro benzene ring substituents is 2. The van der Waals surface area contributed by atoms with Gasteiger partial charge in [-0.25, -0.2) is 0 Å².